The molecule has 31 heavy (non-hydrogen) atoms. The van der Waals surface area contributed by atoms with E-state index in [4.69, 9.17) is 9.47 Å². The predicted octanol–water partition coefficient (Wildman–Crippen LogP) is 3.58. The van der Waals surface area contributed by atoms with E-state index in [1.54, 1.807) is 13.0 Å². The van der Waals surface area contributed by atoms with Gasteiger partial charge in [0.25, 0.3) is 5.60 Å². The zero-order chi connectivity index (χ0) is 21.7. The van der Waals surface area contributed by atoms with E-state index in [-0.39, 0.29) is 6.10 Å². The largest absolute Gasteiger partial charge is 0.493 e. The van der Waals surface area contributed by atoms with Crippen LogP contribution in [0.3, 0.4) is 0 Å². The van der Waals surface area contributed by atoms with Crippen LogP contribution in [0, 0.1) is 17.8 Å². The van der Waals surface area contributed by atoms with Crippen molar-refractivity contribution >= 4 is 17.3 Å². The molecule has 0 spiro atoms. The van der Waals surface area contributed by atoms with Crippen molar-refractivity contribution in [2.45, 2.75) is 37.9 Å². The first-order valence-corrected chi connectivity index (χ1v) is 11.9. The average Bonchev–Trinajstić information content (AvgIpc) is 3.34. The van der Waals surface area contributed by atoms with Gasteiger partial charge in [0.05, 0.1) is 31.1 Å². The molecule has 0 amide bonds. The van der Waals surface area contributed by atoms with Crippen molar-refractivity contribution in [2.75, 3.05) is 32.8 Å². The third-order valence-corrected chi connectivity index (χ3v) is 7.55. The van der Waals surface area contributed by atoms with Gasteiger partial charge in [-0.25, -0.2) is 4.79 Å². The monoisotopic (exact) mass is 440 g/mol. The van der Waals surface area contributed by atoms with Gasteiger partial charge >= 0.3 is 5.97 Å². The molecule has 5 nitrogen and oxygen atoms in total. The van der Waals surface area contributed by atoms with Crippen molar-refractivity contribution in [2.24, 2.45) is 5.92 Å². The molecular formula is C25H30NO4S+. The third-order valence-electron chi connectivity index (χ3n) is 6.57. The van der Waals surface area contributed by atoms with Gasteiger partial charge in [-0.1, -0.05) is 30.2 Å². The maximum absolute atomic E-state index is 13.0. The maximum Gasteiger partial charge on any atom is 0.357 e. The Bertz CT molecular complexity index is 925. The van der Waals surface area contributed by atoms with E-state index in [1.165, 1.54) is 11.3 Å². The summed E-state index contributed by atoms with van der Waals surface area (Å²) in [4.78, 5) is 13.5. The van der Waals surface area contributed by atoms with E-state index >= 15 is 0 Å². The SMILES string of the molecule is CC#CC(O)(C(=O)O[C@H]1C[N+]2(CCCOc3ccccc3)CCC1CC2)c1cccs1. The van der Waals surface area contributed by atoms with Crippen LogP contribution in [0.5, 0.6) is 5.75 Å². The Hall–Kier alpha value is -2.33. The number of quaternary nitrogens is 1. The summed E-state index contributed by atoms with van der Waals surface area (Å²) >= 11 is 1.32. The summed E-state index contributed by atoms with van der Waals surface area (Å²) in [5.41, 5.74) is -1.89. The lowest BCUT2D eigenvalue weighted by atomic mass is 9.83. The average molecular weight is 441 g/mol. The van der Waals surface area contributed by atoms with Crippen LogP contribution in [0.15, 0.2) is 47.8 Å². The van der Waals surface area contributed by atoms with E-state index in [0.717, 1.165) is 55.7 Å². The Balaban J connectivity index is 1.36. The molecule has 2 bridgehead atoms. The number of carbonyl (C=O) groups is 1. The van der Waals surface area contributed by atoms with Gasteiger partial charge in [-0.05, 0) is 30.5 Å². The van der Waals surface area contributed by atoms with Gasteiger partial charge in [0, 0.05) is 25.2 Å². The molecule has 3 aliphatic heterocycles. The predicted molar refractivity (Wildman–Crippen MR) is 121 cm³/mol. The molecule has 1 aromatic carbocycles. The van der Waals surface area contributed by atoms with Crippen molar-refractivity contribution in [3.63, 3.8) is 0 Å². The molecule has 5 rings (SSSR count). The topological polar surface area (TPSA) is 55.8 Å². The number of fused-ring (bicyclic) bond motifs is 3. The van der Waals surface area contributed by atoms with Crippen LogP contribution in [0.4, 0.5) is 0 Å². The van der Waals surface area contributed by atoms with Crippen molar-refractivity contribution in [3.05, 3.63) is 52.7 Å². The van der Waals surface area contributed by atoms with E-state index in [2.05, 4.69) is 11.8 Å². The molecule has 3 saturated heterocycles. The number of hydrogen-bond donors (Lipinski definition) is 1. The Morgan fingerprint density at radius 3 is 2.68 bits per heavy atom. The van der Waals surface area contributed by atoms with Crippen LogP contribution >= 0.6 is 11.3 Å². The zero-order valence-electron chi connectivity index (χ0n) is 18.0. The van der Waals surface area contributed by atoms with Gasteiger partial charge < -0.3 is 19.1 Å². The van der Waals surface area contributed by atoms with E-state index in [1.807, 2.05) is 41.8 Å². The first-order chi connectivity index (χ1) is 15.0. The smallest absolute Gasteiger partial charge is 0.357 e. The first-order valence-electron chi connectivity index (χ1n) is 11.0. The highest BCUT2D eigenvalue weighted by atomic mass is 32.1. The summed E-state index contributed by atoms with van der Waals surface area (Å²) in [5, 5.41) is 12.9. The number of carbonyl (C=O) groups excluding carboxylic acids is 1. The highest BCUT2D eigenvalue weighted by Crippen LogP contribution is 2.37. The molecule has 2 aromatic rings. The Kier molecular flexibility index (Phi) is 6.66. The highest BCUT2D eigenvalue weighted by Gasteiger charge is 2.49. The minimum atomic E-state index is -1.89. The number of hydrogen-bond acceptors (Lipinski definition) is 5. The number of esters is 1. The lowest BCUT2D eigenvalue weighted by Crippen LogP contribution is -2.65. The Labute approximate surface area is 188 Å². The third kappa shape index (κ3) is 4.79. The standard InChI is InChI=1S/C25H30NO4S/c1-2-13-25(28,23-10-6-18-31-23)24(27)30-22-19-26(15-11-20(22)12-16-26)14-7-17-29-21-8-4-3-5-9-21/h3-6,8-10,18,20,22,28H,7,11-12,14-17,19H2,1H3/q+1/t20?,22-,25?,26?/m0/s1. The first kappa shape index (κ1) is 21.9. The second-order valence-corrected chi connectivity index (χ2v) is 9.50. The van der Waals surface area contributed by atoms with Crippen molar-refractivity contribution in [1.82, 2.24) is 0 Å². The highest BCUT2D eigenvalue weighted by molar-refractivity contribution is 7.10. The van der Waals surface area contributed by atoms with Gasteiger partial charge in [0.1, 0.15) is 12.3 Å². The van der Waals surface area contributed by atoms with Gasteiger partial charge in [-0.15, -0.1) is 17.3 Å². The summed E-state index contributed by atoms with van der Waals surface area (Å²) in [6.07, 6.45) is 2.89. The molecule has 6 heteroatoms. The van der Waals surface area contributed by atoms with Gasteiger partial charge in [-0.3, -0.25) is 0 Å². The van der Waals surface area contributed by atoms with E-state index in [0.29, 0.717) is 17.4 Å². The number of ether oxygens (including phenoxy) is 2. The molecule has 0 saturated carbocycles. The van der Waals surface area contributed by atoms with E-state index < -0.39 is 11.6 Å². The van der Waals surface area contributed by atoms with Gasteiger partial charge in [-0.2, -0.15) is 0 Å². The summed E-state index contributed by atoms with van der Waals surface area (Å²) < 4.78 is 12.8. The fourth-order valence-corrected chi connectivity index (χ4v) is 5.64. The van der Waals surface area contributed by atoms with Crippen LogP contribution in [0.1, 0.15) is 31.1 Å². The maximum atomic E-state index is 13.0. The number of aliphatic hydroxyl groups is 1. The summed E-state index contributed by atoms with van der Waals surface area (Å²) in [6, 6.07) is 13.4. The molecule has 1 unspecified atom stereocenters. The van der Waals surface area contributed by atoms with E-state index in [9.17, 15) is 9.90 Å². The molecule has 2 atom stereocenters. The number of rotatable bonds is 8. The minimum Gasteiger partial charge on any atom is -0.493 e. The molecule has 3 fully saturated rings. The molecule has 1 N–H and O–H groups in total. The van der Waals surface area contributed by atoms with Gasteiger partial charge in [0.15, 0.2) is 6.10 Å². The fourth-order valence-electron chi connectivity index (χ4n) is 4.88. The molecule has 1 aromatic heterocycles. The molecule has 0 radical (unpaired) electrons. The minimum absolute atomic E-state index is 0.171. The lowest BCUT2D eigenvalue weighted by Gasteiger charge is -2.52. The molecule has 0 aliphatic carbocycles. The molecule has 164 valence electrons. The number of thiophene rings is 1. The Morgan fingerprint density at radius 2 is 2.00 bits per heavy atom. The lowest BCUT2D eigenvalue weighted by molar-refractivity contribution is -0.946. The fraction of sp³-hybridized carbons (Fsp3) is 0.480. The second kappa shape index (κ2) is 9.44. The van der Waals surface area contributed by atoms with Crippen LogP contribution in [-0.2, 0) is 15.1 Å². The van der Waals surface area contributed by atoms with Crippen LogP contribution in [0.2, 0.25) is 0 Å². The van der Waals surface area contributed by atoms with Crippen molar-refractivity contribution < 1.29 is 23.9 Å². The normalized spacial score (nSPS) is 26.4. The van der Waals surface area contributed by atoms with Crippen LogP contribution < -0.4 is 4.74 Å². The van der Waals surface area contributed by atoms with Crippen molar-refractivity contribution in [1.29, 1.82) is 0 Å². The molecule has 3 aliphatic rings. The van der Waals surface area contributed by atoms with Crippen molar-refractivity contribution in [3.8, 4) is 17.6 Å². The van der Waals surface area contributed by atoms with Crippen LogP contribution in [-0.4, -0.2) is 54.4 Å². The van der Waals surface area contributed by atoms with Crippen LogP contribution in [0.25, 0.3) is 0 Å². The van der Waals surface area contributed by atoms with Gasteiger partial charge in [0.2, 0.25) is 0 Å². The zero-order valence-corrected chi connectivity index (χ0v) is 18.8. The second-order valence-electron chi connectivity index (χ2n) is 8.55. The number of benzene rings is 1. The molecular weight excluding hydrogens is 410 g/mol. The number of nitrogens with zero attached hydrogens (tertiary/aromatic N) is 1. The summed E-state index contributed by atoms with van der Waals surface area (Å²) in [7, 11) is 0. The Morgan fingerprint density at radius 1 is 1.23 bits per heavy atom. The summed E-state index contributed by atoms with van der Waals surface area (Å²) in [5.74, 6) is 6.00. The summed E-state index contributed by atoms with van der Waals surface area (Å²) in [6.45, 7) is 6.36. The number of para-hydroxylation sites is 1. The quantitative estimate of drug-likeness (QED) is 0.295. The molecule has 4 heterocycles. The number of piperidine rings is 3.